The van der Waals surface area contributed by atoms with Crippen molar-refractivity contribution < 1.29 is 28.7 Å². The van der Waals surface area contributed by atoms with E-state index in [9.17, 15) is 24.0 Å². The van der Waals surface area contributed by atoms with Crippen LogP contribution in [0.5, 0.6) is 5.75 Å². The fraction of sp³-hybridized carbons (Fsp3) is 0.562. The van der Waals surface area contributed by atoms with Crippen LogP contribution < -0.4 is 4.74 Å². The van der Waals surface area contributed by atoms with Crippen molar-refractivity contribution in [3.8, 4) is 5.75 Å². The van der Waals surface area contributed by atoms with Crippen LogP contribution in [0.4, 0.5) is 0 Å². The van der Waals surface area contributed by atoms with Gasteiger partial charge >= 0.3 is 0 Å². The van der Waals surface area contributed by atoms with E-state index in [4.69, 9.17) is 4.74 Å². The molecule has 45 heavy (non-hydrogen) atoms. The van der Waals surface area contributed by atoms with Crippen molar-refractivity contribution in [2.75, 3.05) is 48.9 Å². The van der Waals surface area contributed by atoms with Crippen molar-refractivity contribution in [3.05, 3.63) is 48.0 Å². The summed E-state index contributed by atoms with van der Waals surface area (Å²) in [5.41, 5.74) is 1.46. The summed E-state index contributed by atoms with van der Waals surface area (Å²) in [5, 5.41) is 0. The molecule has 2 fully saturated rings. The first-order valence-electron chi connectivity index (χ1n) is 15.2. The number of likely N-dealkylation sites (N-methyl/N-ethyl adjacent to an activating group) is 4. The minimum Gasteiger partial charge on any atom is -0.497 e. The van der Waals surface area contributed by atoms with Crippen molar-refractivity contribution >= 4 is 29.5 Å². The molecule has 0 aliphatic carbocycles. The van der Waals surface area contributed by atoms with E-state index < -0.39 is 30.1 Å². The maximum absolute atomic E-state index is 14.4. The number of likely N-dealkylation sites (tertiary alicyclic amines) is 2. The normalized spacial score (nSPS) is 19.3. The first-order chi connectivity index (χ1) is 21.3. The number of carbonyl (C=O) groups excluding carboxylic acids is 5. The van der Waals surface area contributed by atoms with Crippen molar-refractivity contribution in [1.82, 2.24) is 34.1 Å². The smallest absolute Gasteiger partial charge is 0.246 e. The van der Waals surface area contributed by atoms with Crippen LogP contribution in [-0.4, -0.2) is 137 Å². The van der Waals surface area contributed by atoms with Crippen LogP contribution >= 0.6 is 0 Å². The summed E-state index contributed by atoms with van der Waals surface area (Å²) in [6.45, 7) is 0.405. The molecule has 244 valence electrons. The molecule has 4 rings (SSSR count). The predicted octanol–water partition coefficient (Wildman–Crippen LogP) is 0.568. The van der Waals surface area contributed by atoms with Gasteiger partial charge in [-0.15, -0.1) is 0 Å². The largest absolute Gasteiger partial charge is 0.497 e. The lowest BCUT2D eigenvalue weighted by molar-refractivity contribution is -0.153. The number of carbonyl (C=O) groups is 5. The Labute approximate surface area is 264 Å². The van der Waals surface area contributed by atoms with E-state index in [1.54, 1.807) is 76.5 Å². The molecule has 0 N–H and O–H groups in total. The number of ether oxygens (including phenoxy) is 1. The van der Waals surface area contributed by atoms with Crippen LogP contribution in [0.15, 0.2) is 36.8 Å². The Kier molecular flexibility index (Phi) is 10.5. The number of hydrogen-bond acceptors (Lipinski definition) is 7. The van der Waals surface area contributed by atoms with Crippen molar-refractivity contribution in [3.63, 3.8) is 0 Å². The Morgan fingerprint density at radius 3 is 2.16 bits per heavy atom. The lowest BCUT2D eigenvalue weighted by Crippen LogP contribution is -2.58. The Morgan fingerprint density at radius 2 is 1.60 bits per heavy atom. The molecule has 13 heteroatoms. The first kappa shape index (κ1) is 33.5. The third-order valence-electron chi connectivity index (χ3n) is 8.99. The van der Waals surface area contributed by atoms with Crippen molar-refractivity contribution in [2.24, 2.45) is 7.05 Å². The van der Waals surface area contributed by atoms with Crippen molar-refractivity contribution in [2.45, 2.75) is 62.7 Å². The van der Waals surface area contributed by atoms with Gasteiger partial charge in [0, 0.05) is 74.3 Å². The van der Waals surface area contributed by atoms with Crippen LogP contribution in [-0.2, 0) is 43.9 Å². The Hall–Kier alpha value is -4.42. The molecule has 0 bridgehead atoms. The van der Waals surface area contributed by atoms with Gasteiger partial charge < -0.3 is 33.8 Å². The maximum Gasteiger partial charge on any atom is 0.246 e. The summed E-state index contributed by atoms with van der Waals surface area (Å²) < 4.78 is 7.07. The van der Waals surface area contributed by atoms with E-state index in [2.05, 4.69) is 4.98 Å². The highest BCUT2D eigenvalue weighted by atomic mass is 16.5. The van der Waals surface area contributed by atoms with Gasteiger partial charge in [0.15, 0.2) is 0 Å². The summed E-state index contributed by atoms with van der Waals surface area (Å²) in [7, 11) is 11.5. The number of benzene rings is 1. The zero-order valence-electron chi connectivity index (χ0n) is 27.3. The van der Waals surface area contributed by atoms with Crippen LogP contribution in [0.25, 0.3) is 0 Å². The summed E-state index contributed by atoms with van der Waals surface area (Å²) in [5.74, 6) is -0.701. The number of nitrogens with zero attached hydrogens (tertiary/aromatic N) is 7. The molecule has 0 radical (unpaired) electrons. The van der Waals surface area contributed by atoms with Gasteiger partial charge in [-0.05, 0) is 37.0 Å². The first-order valence-corrected chi connectivity index (χ1v) is 15.2. The Balaban J connectivity index is 1.63. The predicted molar refractivity (Wildman–Crippen MR) is 166 cm³/mol. The van der Waals surface area contributed by atoms with Gasteiger partial charge in [-0.2, -0.15) is 0 Å². The Bertz CT molecular complexity index is 1410. The molecular formula is C32H45N7O6. The standard InChI is InChI=1S/C32H45N7O6/c1-34(2)29(41)27(18-22-19-35(3)20-33-22)38(6)31(43)26(17-21-10-12-23(45-7)13-11-21)37(5)30(42)25-9-8-16-39(25)32(44)24-14-15-28(40)36(24)4/h10-13,19-20,24-27H,8-9,14-18H2,1-7H3. The minimum absolute atomic E-state index is 0.0896. The summed E-state index contributed by atoms with van der Waals surface area (Å²) in [4.78, 5) is 79.3. The molecule has 4 unspecified atom stereocenters. The van der Waals surface area contributed by atoms with Gasteiger partial charge in [0.05, 0.1) is 19.1 Å². The van der Waals surface area contributed by atoms with E-state index in [1.807, 2.05) is 19.2 Å². The summed E-state index contributed by atoms with van der Waals surface area (Å²) in [6.07, 6.45) is 5.65. The van der Waals surface area contributed by atoms with Gasteiger partial charge in [0.25, 0.3) is 0 Å². The molecule has 0 saturated carbocycles. The zero-order valence-corrected chi connectivity index (χ0v) is 27.3. The minimum atomic E-state index is -0.967. The zero-order chi connectivity index (χ0) is 33.0. The fourth-order valence-corrected chi connectivity index (χ4v) is 6.18. The molecule has 2 aliphatic rings. The molecule has 2 aliphatic heterocycles. The quantitative estimate of drug-likeness (QED) is 0.358. The van der Waals surface area contributed by atoms with Crippen LogP contribution in [0.3, 0.4) is 0 Å². The van der Waals surface area contributed by atoms with Gasteiger partial charge in [-0.25, -0.2) is 4.98 Å². The molecular weight excluding hydrogens is 578 g/mol. The summed E-state index contributed by atoms with van der Waals surface area (Å²) >= 11 is 0. The van der Waals surface area contributed by atoms with E-state index in [1.165, 1.54) is 19.6 Å². The number of rotatable bonds is 11. The molecule has 2 aromatic rings. The molecule has 4 atom stereocenters. The molecule has 3 heterocycles. The number of hydrogen-bond donors (Lipinski definition) is 0. The van der Waals surface area contributed by atoms with E-state index in [0.29, 0.717) is 43.7 Å². The van der Waals surface area contributed by atoms with Crippen LogP contribution in [0, 0.1) is 0 Å². The lowest BCUT2D eigenvalue weighted by Gasteiger charge is -2.37. The second-order valence-electron chi connectivity index (χ2n) is 12.2. The topological polar surface area (TPSA) is 129 Å². The highest BCUT2D eigenvalue weighted by Gasteiger charge is 2.44. The highest BCUT2D eigenvalue weighted by molar-refractivity contribution is 5.96. The third kappa shape index (κ3) is 7.29. The Morgan fingerprint density at radius 1 is 0.933 bits per heavy atom. The van der Waals surface area contributed by atoms with Gasteiger partial charge in [-0.1, -0.05) is 12.1 Å². The highest BCUT2D eigenvalue weighted by Crippen LogP contribution is 2.27. The SMILES string of the molecule is COc1ccc(CC(C(=O)N(C)C(Cc2cn(C)cn2)C(=O)N(C)C)N(C)C(=O)C2CCCN2C(=O)C2CCC(=O)N2C)cc1. The van der Waals surface area contributed by atoms with Crippen molar-refractivity contribution in [1.29, 1.82) is 0 Å². The molecule has 2 saturated heterocycles. The monoisotopic (exact) mass is 623 g/mol. The molecule has 0 spiro atoms. The molecule has 1 aromatic heterocycles. The number of aryl methyl sites for hydroxylation is 1. The molecule has 5 amide bonds. The van der Waals surface area contributed by atoms with Gasteiger partial charge in [-0.3, -0.25) is 24.0 Å². The average molecular weight is 624 g/mol. The van der Waals surface area contributed by atoms with Crippen LogP contribution in [0.2, 0.25) is 0 Å². The second kappa shape index (κ2) is 14.1. The van der Waals surface area contributed by atoms with E-state index in [0.717, 1.165) is 5.56 Å². The van der Waals surface area contributed by atoms with Gasteiger partial charge in [0.2, 0.25) is 29.5 Å². The third-order valence-corrected chi connectivity index (χ3v) is 8.99. The maximum atomic E-state index is 14.4. The second-order valence-corrected chi connectivity index (χ2v) is 12.2. The number of amides is 5. The molecule has 13 nitrogen and oxygen atoms in total. The number of aromatic nitrogens is 2. The average Bonchev–Trinajstić information content (AvgIpc) is 3.77. The van der Waals surface area contributed by atoms with E-state index >= 15 is 0 Å². The lowest BCUT2D eigenvalue weighted by atomic mass is 10.0. The number of methoxy groups -OCH3 is 1. The van der Waals surface area contributed by atoms with Gasteiger partial charge in [0.1, 0.15) is 29.9 Å². The van der Waals surface area contributed by atoms with E-state index in [-0.39, 0.29) is 36.5 Å². The number of imidazole rings is 1. The summed E-state index contributed by atoms with van der Waals surface area (Å²) in [6, 6.07) is 4.09. The van der Waals surface area contributed by atoms with Crippen LogP contribution in [0.1, 0.15) is 36.9 Å². The molecule has 1 aromatic carbocycles. The fourth-order valence-electron chi connectivity index (χ4n) is 6.18.